The van der Waals surface area contributed by atoms with E-state index in [2.05, 4.69) is 10.5 Å². The third-order valence-electron chi connectivity index (χ3n) is 4.65. The van der Waals surface area contributed by atoms with Crippen molar-refractivity contribution in [2.45, 2.75) is 11.4 Å². The van der Waals surface area contributed by atoms with Crippen LogP contribution in [-0.2, 0) is 21.4 Å². The van der Waals surface area contributed by atoms with Gasteiger partial charge in [-0.15, -0.1) is 0 Å². The molecule has 0 saturated carbocycles. The molecule has 0 saturated heterocycles. The first-order chi connectivity index (χ1) is 16.2. The molecule has 3 rings (SSSR count). The summed E-state index contributed by atoms with van der Waals surface area (Å²) in [5.74, 6) is -0.974. The fourth-order valence-electron chi connectivity index (χ4n) is 2.92. The number of ether oxygens (including phenoxy) is 1. The number of rotatable bonds is 9. The highest BCUT2D eigenvalue weighted by molar-refractivity contribution is 7.89. The van der Waals surface area contributed by atoms with Crippen molar-refractivity contribution in [2.24, 2.45) is 5.10 Å². The quantitative estimate of drug-likeness (QED) is 0.341. The van der Waals surface area contributed by atoms with E-state index < -0.39 is 28.3 Å². The van der Waals surface area contributed by atoms with Gasteiger partial charge < -0.3 is 9.84 Å². The molecule has 3 aromatic rings. The Labute approximate surface area is 201 Å². The number of hydrazone groups is 1. The maximum absolute atomic E-state index is 13.3. The number of carbonyl (C=O) groups is 1. The molecule has 0 bridgehead atoms. The van der Waals surface area contributed by atoms with Crippen LogP contribution in [0, 0.1) is 5.82 Å². The van der Waals surface area contributed by atoms with E-state index in [1.165, 1.54) is 74.0 Å². The van der Waals surface area contributed by atoms with Gasteiger partial charge in [-0.1, -0.05) is 23.7 Å². The van der Waals surface area contributed by atoms with Crippen molar-refractivity contribution >= 4 is 33.7 Å². The molecule has 0 spiro atoms. The third kappa shape index (κ3) is 6.53. The van der Waals surface area contributed by atoms with Gasteiger partial charge in [0.25, 0.3) is 5.91 Å². The number of hydrogen-bond acceptors (Lipinski definition) is 6. The van der Waals surface area contributed by atoms with Gasteiger partial charge in [-0.3, -0.25) is 4.79 Å². The van der Waals surface area contributed by atoms with Crippen LogP contribution >= 0.6 is 11.6 Å². The summed E-state index contributed by atoms with van der Waals surface area (Å²) in [5.41, 5.74) is 3.31. The van der Waals surface area contributed by atoms with Crippen molar-refractivity contribution < 1.29 is 27.4 Å². The minimum absolute atomic E-state index is 0.0486. The number of hydrogen-bond donors (Lipinski definition) is 2. The molecule has 0 aliphatic carbocycles. The molecule has 0 aromatic heterocycles. The molecule has 178 valence electrons. The van der Waals surface area contributed by atoms with Crippen molar-refractivity contribution in [3.63, 3.8) is 0 Å². The van der Waals surface area contributed by atoms with Crippen LogP contribution in [0.5, 0.6) is 11.5 Å². The zero-order chi connectivity index (χ0) is 24.7. The second-order valence-electron chi connectivity index (χ2n) is 7.08. The minimum Gasteiger partial charge on any atom is -0.504 e. The third-order valence-corrected chi connectivity index (χ3v) is 6.71. The van der Waals surface area contributed by atoms with Gasteiger partial charge in [-0.25, -0.2) is 18.2 Å². The Hall–Kier alpha value is -3.47. The zero-order valence-corrected chi connectivity index (χ0v) is 19.6. The van der Waals surface area contributed by atoms with Gasteiger partial charge in [-0.05, 0) is 65.7 Å². The number of nitrogens with one attached hydrogen (secondary N) is 1. The fourth-order valence-corrected chi connectivity index (χ4v) is 4.43. The summed E-state index contributed by atoms with van der Waals surface area (Å²) in [6, 6.07) is 15.3. The van der Waals surface area contributed by atoms with E-state index in [4.69, 9.17) is 16.3 Å². The molecule has 0 radical (unpaired) electrons. The van der Waals surface area contributed by atoms with E-state index >= 15 is 0 Å². The highest BCUT2D eigenvalue weighted by Gasteiger charge is 2.27. The topological polar surface area (TPSA) is 108 Å². The van der Waals surface area contributed by atoms with Gasteiger partial charge in [0.1, 0.15) is 5.82 Å². The Bertz CT molecular complexity index is 1280. The number of methoxy groups -OCH3 is 1. The first-order valence-electron chi connectivity index (χ1n) is 9.88. The highest BCUT2D eigenvalue weighted by Crippen LogP contribution is 2.25. The van der Waals surface area contributed by atoms with Gasteiger partial charge >= 0.3 is 0 Å². The number of phenols is 1. The van der Waals surface area contributed by atoms with Crippen LogP contribution in [0.15, 0.2) is 76.7 Å². The van der Waals surface area contributed by atoms with Crippen LogP contribution in [0.25, 0.3) is 0 Å². The van der Waals surface area contributed by atoms with Crippen molar-refractivity contribution in [3.8, 4) is 11.5 Å². The molecule has 0 atom stereocenters. The van der Waals surface area contributed by atoms with Gasteiger partial charge in [0.05, 0.1) is 24.8 Å². The van der Waals surface area contributed by atoms with Crippen LogP contribution in [0.2, 0.25) is 5.02 Å². The Morgan fingerprint density at radius 2 is 1.82 bits per heavy atom. The smallest absolute Gasteiger partial charge is 0.255 e. The Morgan fingerprint density at radius 1 is 1.15 bits per heavy atom. The summed E-state index contributed by atoms with van der Waals surface area (Å²) in [6.07, 6.45) is 1.32. The number of sulfonamides is 1. The predicted molar refractivity (Wildman–Crippen MR) is 126 cm³/mol. The van der Waals surface area contributed by atoms with Crippen molar-refractivity contribution in [1.29, 1.82) is 0 Å². The number of benzene rings is 3. The molecular formula is C23H21ClFN3O5S. The molecule has 0 aliphatic heterocycles. The van der Waals surface area contributed by atoms with Crippen LogP contribution in [0.1, 0.15) is 11.1 Å². The van der Waals surface area contributed by atoms with Crippen LogP contribution < -0.4 is 10.2 Å². The van der Waals surface area contributed by atoms with Gasteiger partial charge in [-0.2, -0.15) is 9.41 Å². The number of halogens is 2. The average molecular weight is 506 g/mol. The minimum atomic E-state index is -4.09. The second kappa shape index (κ2) is 11.1. The standard InChI is InChI=1S/C23H21ClFN3O5S/c1-33-22-12-17(4-11-21(22)29)13-26-27-23(30)15-28(14-16-2-7-19(25)8-3-16)34(31,32)20-9-5-18(24)6-10-20/h2-13,29H,14-15H2,1H3,(H,27,30)/b26-13-. The lowest BCUT2D eigenvalue weighted by Gasteiger charge is -2.21. The summed E-state index contributed by atoms with van der Waals surface area (Å²) in [6.45, 7) is -0.712. The number of nitrogens with zero attached hydrogens (tertiary/aromatic N) is 2. The van der Waals surface area contributed by atoms with Crippen LogP contribution in [-0.4, -0.2) is 43.6 Å². The lowest BCUT2D eigenvalue weighted by molar-refractivity contribution is -0.121. The lowest BCUT2D eigenvalue weighted by Crippen LogP contribution is -2.39. The van der Waals surface area contributed by atoms with E-state index in [1.54, 1.807) is 6.07 Å². The molecule has 3 aromatic carbocycles. The Morgan fingerprint density at radius 3 is 2.47 bits per heavy atom. The van der Waals surface area contributed by atoms with Crippen LogP contribution in [0.3, 0.4) is 0 Å². The monoisotopic (exact) mass is 505 g/mol. The normalized spacial score (nSPS) is 11.6. The summed E-state index contributed by atoms with van der Waals surface area (Å²) in [5, 5.41) is 13.8. The summed E-state index contributed by atoms with van der Waals surface area (Å²) in [7, 11) is -2.69. The molecule has 0 fully saturated rings. The molecule has 0 heterocycles. The SMILES string of the molecule is COc1cc(/C=N\NC(=O)CN(Cc2ccc(F)cc2)S(=O)(=O)c2ccc(Cl)cc2)ccc1O. The van der Waals surface area contributed by atoms with E-state index in [-0.39, 0.29) is 22.9 Å². The molecular weight excluding hydrogens is 485 g/mol. The summed E-state index contributed by atoms with van der Waals surface area (Å²) < 4.78 is 45.6. The van der Waals surface area contributed by atoms with Crippen molar-refractivity contribution in [2.75, 3.05) is 13.7 Å². The largest absolute Gasteiger partial charge is 0.504 e. The molecule has 1 amide bonds. The van der Waals surface area contributed by atoms with E-state index in [0.29, 0.717) is 16.1 Å². The highest BCUT2D eigenvalue weighted by atomic mass is 35.5. The van der Waals surface area contributed by atoms with E-state index in [1.807, 2.05) is 0 Å². The van der Waals surface area contributed by atoms with Gasteiger partial charge in [0.2, 0.25) is 10.0 Å². The number of phenolic OH excluding ortho intramolecular Hbond substituents is 1. The zero-order valence-electron chi connectivity index (χ0n) is 18.0. The number of carbonyl (C=O) groups excluding carboxylic acids is 1. The van der Waals surface area contributed by atoms with E-state index in [0.717, 1.165) is 4.31 Å². The Balaban J connectivity index is 1.78. The maximum atomic E-state index is 13.3. The summed E-state index contributed by atoms with van der Waals surface area (Å²) in [4.78, 5) is 12.5. The maximum Gasteiger partial charge on any atom is 0.255 e. The number of amides is 1. The van der Waals surface area contributed by atoms with Crippen molar-refractivity contribution in [3.05, 3.63) is 88.7 Å². The second-order valence-corrected chi connectivity index (χ2v) is 9.45. The number of aromatic hydroxyl groups is 1. The molecule has 0 unspecified atom stereocenters. The molecule has 11 heteroatoms. The fraction of sp³-hybridized carbons (Fsp3) is 0.130. The first-order valence-corrected chi connectivity index (χ1v) is 11.7. The van der Waals surface area contributed by atoms with Gasteiger partial charge in [0.15, 0.2) is 11.5 Å². The predicted octanol–water partition coefficient (Wildman–Crippen LogP) is 3.53. The average Bonchev–Trinajstić information content (AvgIpc) is 2.81. The lowest BCUT2D eigenvalue weighted by atomic mass is 10.2. The van der Waals surface area contributed by atoms with Crippen LogP contribution in [0.4, 0.5) is 4.39 Å². The van der Waals surface area contributed by atoms with E-state index in [9.17, 15) is 22.7 Å². The van der Waals surface area contributed by atoms with Gasteiger partial charge in [0, 0.05) is 11.6 Å². The first kappa shape index (κ1) is 25.2. The molecule has 2 N–H and O–H groups in total. The summed E-state index contributed by atoms with van der Waals surface area (Å²) >= 11 is 5.86. The molecule has 8 nitrogen and oxygen atoms in total. The van der Waals surface area contributed by atoms with Crippen molar-refractivity contribution in [1.82, 2.24) is 9.73 Å². The molecule has 0 aliphatic rings. The molecule has 34 heavy (non-hydrogen) atoms. The Kier molecular flexibility index (Phi) is 8.21.